The first-order valence-electron chi connectivity index (χ1n) is 5.86. The van der Waals surface area contributed by atoms with Gasteiger partial charge in [-0.2, -0.15) is 4.98 Å². The van der Waals surface area contributed by atoms with Gasteiger partial charge in [-0.15, -0.1) is 6.58 Å². The van der Waals surface area contributed by atoms with Crippen molar-refractivity contribution in [3.8, 4) is 0 Å². The van der Waals surface area contributed by atoms with Crippen LogP contribution in [0, 0.1) is 5.41 Å². The third-order valence-corrected chi connectivity index (χ3v) is 3.55. The quantitative estimate of drug-likeness (QED) is 0.623. The molecule has 19 heavy (non-hydrogen) atoms. The van der Waals surface area contributed by atoms with Gasteiger partial charge >= 0.3 is 5.69 Å². The van der Waals surface area contributed by atoms with E-state index in [1.807, 2.05) is 0 Å². The molecule has 0 bridgehead atoms. The van der Waals surface area contributed by atoms with Crippen molar-refractivity contribution < 1.29 is 14.9 Å². The van der Waals surface area contributed by atoms with E-state index >= 15 is 0 Å². The largest absolute Gasteiger partial charge is 0.394 e. The van der Waals surface area contributed by atoms with E-state index in [9.17, 15) is 15.0 Å². The van der Waals surface area contributed by atoms with E-state index in [0.29, 0.717) is 0 Å². The van der Waals surface area contributed by atoms with E-state index in [4.69, 9.17) is 10.5 Å². The molecule has 7 nitrogen and oxygen atoms in total. The molecule has 7 heteroatoms. The highest BCUT2D eigenvalue weighted by Crippen LogP contribution is 2.45. The van der Waals surface area contributed by atoms with E-state index in [2.05, 4.69) is 11.6 Å². The molecule has 2 heterocycles. The van der Waals surface area contributed by atoms with Crippen molar-refractivity contribution in [2.24, 2.45) is 5.41 Å². The molecule has 0 amide bonds. The summed E-state index contributed by atoms with van der Waals surface area (Å²) < 4.78 is 6.78. The predicted molar refractivity (Wildman–Crippen MR) is 68.2 cm³/mol. The van der Waals surface area contributed by atoms with E-state index in [1.54, 1.807) is 6.92 Å². The maximum atomic E-state index is 11.8. The Morgan fingerprint density at radius 1 is 1.74 bits per heavy atom. The van der Waals surface area contributed by atoms with Crippen LogP contribution in [-0.2, 0) is 4.74 Å². The van der Waals surface area contributed by atoms with Crippen LogP contribution < -0.4 is 11.4 Å². The van der Waals surface area contributed by atoms with Crippen LogP contribution in [0.5, 0.6) is 0 Å². The van der Waals surface area contributed by atoms with Crippen LogP contribution in [-0.4, -0.2) is 38.6 Å². The summed E-state index contributed by atoms with van der Waals surface area (Å²) in [6.45, 7) is 5.03. The Bertz CT molecular complexity index is 544. The lowest BCUT2D eigenvalue weighted by atomic mass is 9.82. The molecule has 1 aromatic rings. The number of nitrogen functional groups attached to an aromatic ring is 1. The van der Waals surface area contributed by atoms with Crippen LogP contribution in [0.3, 0.4) is 0 Å². The van der Waals surface area contributed by atoms with Gasteiger partial charge in [-0.1, -0.05) is 6.08 Å². The van der Waals surface area contributed by atoms with Gasteiger partial charge in [0.05, 0.1) is 18.1 Å². The number of hydrogen-bond donors (Lipinski definition) is 3. The summed E-state index contributed by atoms with van der Waals surface area (Å²) >= 11 is 0. The zero-order valence-corrected chi connectivity index (χ0v) is 10.6. The summed E-state index contributed by atoms with van der Waals surface area (Å²) in [6.07, 6.45) is 0.421. The minimum atomic E-state index is -0.968. The van der Waals surface area contributed by atoms with Gasteiger partial charge < -0.3 is 20.7 Å². The molecule has 2 rings (SSSR count). The molecule has 4 atom stereocenters. The van der Waals surface area contributed by atoms with Crippen molar-refractivity contribution in [3.63, 3.8) is 0 Å². The molecular weight excluding hydrogens is 250 g/mol. The first kappa shape index (κ1) is 13.7. The molecule has 0 aliphatic carbocycles. The van der Waals surface area contributed by atoms with Crippen molar-refractivity contribution in [3.05, 3.63) is 35.4 Å². The summed E-state index contributed by atoms with van der Waals surface area (Å²) in [5.41, 5.74) is 3.94. The van der Waals surface area contributed by atoms with Crippen molar-refractivity contribution in [1.82, 2.24) is 9.55 Å². The first-order chi connectivity index (χ1) is 8.93. The fourth-order valence-corrected chi connectivity index (χ4v) is 2.27. The molecular formula is C12H17N3O4. The molecule has 1 aliphatic rings. The highest BCUT2D eigenvalue weighted by molar-refractivity contribution is 5.24. The normalized spacial score (nSPS) is 34.4. The van der Waals surface area contributed by atoms with Crippen LogP contribution in [0.25, 0.3) is 0 Å². The third kappa shape index (κ3) is 2.05. The average molecular weight is 267 g/mol. The van der Waals surface area contributed by atoms with Crippen LogP contribution >= 0.6 is 0 Å². The lowest BCUT2D eigenvalue weighted by Crippen LogP contribution is -2.39. The fourth-order valence-electron chi connectivity index (χ4n) is 2.27. The van der Waals surface area contributed by atoms with E-state index in [0.717, 1.165) is 0 Å². The van der Waals surface area contributed by atoms with Crippen LogP contribution in [0.4, 0.5) is 5.82 Å². The molecule has 1 aliphatic heterocycles. The zero-order valence-electron chi connectivity index (χ0n) is 10.6. The predicted octanol–water partition coefficient (Wildman–Crippen LogP) is -0.732. The second kappa shape index (κ2) is 4.76. The van der Waals surface area contributed by atoms with E-state index in [1.165, 1.54) is 22.9 Å². The highest BCUT2D eigenvalue weighted by atomic mass is 16.5. The molecule has 1 aromatic heterocycles. The molecule has 0 radical (unpaired) electrons. The van der Waals surface area contributed by atoms with Gasteiger partial charge in [0.15, 0.2) is 0 Å². The molecule has 1 fully saturated rings. The SMILES string of the molecule is C=C[C@]1(C)[C@H](O)[C@@H](CO)O[C@H]1n1ccc(N)nc1=O. The van der Waals surface area contributed by atoms with E-state index in [-0.39, 0.29) is 12.4 Å². The molecule has 0 saturated carbocycles. The summed E-state index contributed by atoms with van der Waals surface area (Å²) in [5, 5.41) is 19.4. The number of nitrogens with two attached hydrogens (primary N) is 1. The standard InChI is InChI=1S/C12H17N3O4/c1-3-12(2)9(17)7(6-16)19-10(12)15-5-4-8(13)14-11(15)18/h3-5,7,9-10,16-17H,1,6H2,2H3,(H2,13,14,18)/t7-,9-,10-,12-/m1/s1. The molecule has 0 unspecified atom stereocenters. The van der Waals surface area contributed by atoms with Gasteiger partial charge in [0, 0.05) is 6.20 Å². The molecule has 1 saturated heterocycles. The number of rotatable bonds is 3. The van der Waals surface area contributed by atoms with Gasteiger partial charge in [-0.05, 0) is 13.0 Å². The van der Waals surface area contributed by atoms with Crippen molar-refractivity contribution in [2.45, 2.75) is 25.4 Å². The number of nitrogens with zero attached hydrogens (tertiary/aromatic N) is 2. The third-order valence-electron chi connectivity index (χ3n) is 3.55. The van der Waals surface area contributed by atoms with Crippen LogP contribution in [0.15, 0.2) is 29.7 Å². The Morgan fingerprint density at radius 3 is 2.95 bits per heavy atom. The summed E-state index contributed by atoms with van der Waals surface area (Å²) in [5.74, 6) is 0.110. The molecule has 0 spiro atoms. The van der Waals surface area contributed by atoms with Gasteiger partial charge in [0.1, 0.15) is 18.1 Å². The van der Waals surface area contributed by atoms with Gasteiger partial charge in [0.25, 0.3) is 0 Å². The van der Waals surface area contributed by atoms with Gasteiger partial charge in [-0.25, -0.2) is 4.79 Å². The number of aliphatic hydroxyl groups is 2. The van der Waals surface area contributed by atoms with Gasteiger partial charge in [0.2, 0.25) is 0 Å². The molecule has 4 N–H and O–H groups in total. The summed E-state index contributed by atoms with van der Waals surface area (Å²) in [7, 11) is 0. The number of aromatic nitrogens is 2. The highest BCUT2D eigenvalue weighted by Gasteiger charge is 2.52. The zero-order chi connectivity index (χ0) is 14.2. The Hall–Kier alpha value is -1.70. The molecule has 0 aromatic carbocycles. The number of aliphatic hydroxyl groups excluding tert-OH is 2. The Balaban J connectivity index is 2.48. The average Bonchev–Trinajstić information content (AvgIpc) is 2.63. The minimum Gasteiger partial charge on any atom is -0.394 e. The van der Waals surface area contributed by atoms with Crippen molar-refractivity contribution in [1.29, 1.82) is 0 Å². The Morgan fingerprint density at radius 2 is 2.42 bits per heavy atom. The topological polar surface area (TPSA) is 111 Å². The minimum absolute atomic E-state index is 0.110. The fraction of sp³-hybridized carbons (Fsp3) is 0.500. The van der Waals surface area contributed by atoms with Crippen LogP contribution in [0.1, 0.15) is 13.2 Å². The maximum Gasteiger partial charge on any atom is 0.351 e. The Labute approximate surface area is 110 Å². The number of ether oxygens (including phenoxy) is 1. The van der Waals surface area contributed by atoms with Crippen molar-refractivity contribution >= 4 is 5.82 Å². The summed E-state index contributed by atoms with van der Waals surface area (Å²) in [6, 6.07) is 1.47. The maximum absolute atomic E-state index is 11.8. The smallest absolute Gasteiger partial charge is 0.351 e. The van der Waals surface area contributed by atoms with Gasteiger partial charge in [-0.3, -0.25) is 4.57 Å². The number of anilines is 1. The molecule has 104 valence electrons. The Kier molecular flexibility index (Phi) is 3.44. The lowest BCUT2D eigenvalue weighted by molar-refractivity contribution is -0.0507. The lowest BCUT2D eigenvalue weighted by Gasteiger charge is -2.29. The first-order valence-corrected chi connectivity index (χ1v) is 5.86. The second-order valence-corrected chi connectivity index (χ2v) is 4.77. The van der Waals surface area contributed by atoms with Crippen molar-refractivity contribution in [2.75, 3.05) is 12.3 Å². The second-order valence-electron chi connectivity index (χ2n) is 4.77. The summed E-state index contributed by atoms with van der Waals surface area (Å²) in [4.78, 5) is 15.5. The van der Waals surface area contributed by atoms with Crippen LogP contribution in [0.2, 0.25) is 0 Å². The number of hydrogen-bond acceptors (Lipinski definition) is 6. The monoisotopic (exact) mass is 267 g/mol. The van der Waals surface area contributed by atoms with E-state index < -0.39 is 29.5 Å².